The summed E-state index contributed by atoms with van der Waals surface area (Å²) in [6, 6.07) is 8.80. The monoisotopic (exact) mass is 340 g/mol. The van der Waals surface area contributed by atoms with Crippen molar-refractivity contribution in [1.82, 2.24) is 9.97 Å². The molecule has 1 aromatic carbocycles. The maximum atomic E-state index is 12.1. The molecule has 0 fully saturated rings. The highest BCUT2D eigenvalue weighted by atomic mass is 16.5. The van der Waals surface area contributed by atoms with E-state index in [4.69, 9.17) is 10.00 Å². The highest BCUT2D eigenvalue weighted by Gasteiger charge is 2.16. The Morgan fingerprint density at radius 3 is 2.92 bits per heavy atom. The van der Waals surface area contributed by atoms with Gasteiger partial charge in [0.25, 0.3) is 5.91 Å². The van der Waals surface area contributed by atoms with Gasteiger partial charge in [-0.15, -0.1) is 0 Å². The SMILES string of the molecule is CCOC(=O)c1[nH]cnc1NN=C(C#N)C(=O)Nc1cccc(C)c1. The van der Waals surface area contributed by atoms with E-state index in [9.17, 15) is 9.59 Å². The topological polar surface area (TPSA) is 132 Å². The Morgan fingerprint density at radius 1 is 1.44 bits per heavy atom. The number of hydrogen-bond donors (Lipinski definition) is 3. The molecule has 0 spiro atoms. The molecule has 0 aliphatic rings. The Hall–Kier alpha value is -3.67. The fourth-order valence-corrected chi connectivity index (χ4v) is 1.89. The molecular weight excluding hydrogens is 324 g/mol. The van der Waals surface area contributed by atoms with Crippen molar-refractivity contribution < 1.29 is 14.3 Å². The van der Waals surface area contributed by atoms with Crippen LogP contribution in [-0.4, -0.2) is 34.2 Å². The third kappa shape index (κ3) is 4.65. The van der Waals surface area contributed by atoms with E-state index < -0.39 is 17.6 Å². The summed E-state index contributed by atoms with van der Waals surface area (Å²) >= 11 is 0. The van der Waals surface area contributed by atoms with Gasteiger partial charge in [-0.05, 0) is 31.5 Å². The maximum Gasteiger partial charge on any atom is 0.358 e. The number of nitrogens with one attached hydrogen (secondary N) is 3. The predicted octanol–water partition coefficient (Wildman–Crippen LogP) is 1.82. The van der Waals surface area contributed by atoms with Crippen molar-refractivity contribution in [3.63, 3.8) is 0 Å². The number of imidazole rings is 1. The molecule has 0 bridgehead atoms. The van der Waals surface area contributed by atoms with Gasteiger partial charge in [0.15, 0.2) is 11.5 Å². The minimum absolute atomic E-state index is 0.0435. The Labute approximate surface area is 143 Å². The number of carbonyl (C=O) groups excluding carboxylic acids is 2. The molecule has 0 saturated carbocycles. The van der Waals surface area contributed by atoms with Crippen LogP contribution in [0.25, 0.3) is 0 Å². The Bertz CT molecular complexity index is 850. The second-order valence-electron chi connectivity index (χ2n) is 4.85. The normalized spacial score (nSPS) is 10.7. The summed E-state index contributed by atoms with van der Waals surface area (Å²) in [5, 5.41) is 15.4. The Morgan fingerprint density at radius 2 is 2.24 bits per heavy atom. The first-order chi connectivity index (χ1) is 12.0. The minimum atomic E-state index is -0.686. The van der Waals surface area contributed by atoms with Crippen molar-refractivity contribution in [2.24, 2.45) is 5.10 Å². The van der Waals surface area contributed by atoms with Crippen molar-refractivity contribution >= 4 is 29.1 Å². The van der Waals surface area contributed by atoms with Gasteiger partial charge in [0.2, 0.25) is 5.71 Å². The van der Waals surface area contributed by atoms with Gasteiger partial charge < -0.3 is 15.0 Å². The largest absolute Gasteiger partial charge is 0.461 e. The second-order valence-corrected chi connectivity index (χ2v) is 4.85. The first-order valence-electron chi connectivity index (χ1n) is 7.37. The fourth-order valence-electron chi connectivity index (χ4n) is 1.89. The van der Waals surface area contributed by atoms with Crippen molar-refractivity contribution in [1.29, 1.82) is 5.26 Å². The van der Waals surface area contributed by atoms with Crippen LogP contribution in [0.2, 0.25) is 0 Å². The van der Waals surface area contributed by atoms with Crippen molar-refractivity contribution in [3.05, 3.63) is 41.9 Å². The number of nitriles is 1. The summed E-state index contributed by atoms with van der Waals surface area (Å²) in [6.45, 7) is 3.75. The van der Waals surface area contributed by atoms with E-state index in [2.05, 4.69) is 25.8 Å². The lowest BCUT2D eigenvalue weighted by molar-refractivity contribution is -0.110. The van der Waals surface area contributed by atoms with Crippen molar-refractivity contribution in [2.45, 2.75) is 13.8 Å². The lowest BCUT2D eigenvalue weighted by Crippen LogP contribution is -2.22. The number of ether oxygens (including phenoxy) is 1. The number of carbonyl (C=O) groups is 2. The fraction of sp³-hybridized carbons (Fsp3) is 0.188. The molecule has 1 amide bonds. The van der Waals surface area contributed by atoms with Crippen LogP contribution in [0.15, 0.2) is 35.7 Å². The third-order valence-corrected chi connectivity index (χ3v) is 2.99. The number of benzene rings is 1. The van der Waals surface area contributed by atoms with E-state index >= 15 is 0 Å². The molecular formula is C16H16N6O3. The number of hydrogen-bond acceptors (Lipinski definition) is 7. The predicted molar refractivity (Wildman–Crippen MR) is 91.0 cm³/mol. The zero-order valence-corrected chi connectivity index (χ0v) is 13.7. The molecule has 9 heteroatoms. The second kappa shape index (κ2) is 8.26. The summed E-state index contributed by atoms with van der Waals surface area (Å²) < 4.78 is 4.85. The summed E-state index contributed by atoms with van der Waals surface area (Å²) in [6.07, 6.45) is 1.27. The molecule has 0 saturated heterocycles. The summed E-state index contributed by atoms with van der Waals surface area (Å²) in [4.78, 5) is 30.3. The zero-order chi connectivity index (χ0) is 18.2. The van der Waals surface area contributed by atoms with Crippen LogP contribution in [0, 0.1) is 18.3 Å². The molecule has 25 heavy (non-hydrogen) atoms. The quantitative estimate of drug-likeness (QED) is 0.417. The third-order valence-electron chi connectivity index (χ3n) is 2.99. The molecule has 128 valence electrons. The van der Waals surface area contributed by atoms with Crippen LogP contribution >= 0.6 is 0 Å². The minimum Gasteiger partial charge on any atom is -0.461 e. The lowest BCUT2D eigenvalue weighted by atomic mass is 10.2. The highest BCUT2D eigenvalue weighted by Crippen LogP contribution is 2.12. The van der Waals surface area contributed by atoms with Gasteiger partial charge in [-0.25, -0.2) is 9.78 Å². The molecule has 2 aromatic rings. The number of aryl methyl sites for hydroxylation is 1. The molecule has 0 radical (unpaired) electrons. The molecule has 0 aliphatic carbocycles. The standard InChI is InChI=1S/C16H16N6O3/c1-3-25-16(24)13-14(19-9-18-13)22-21-12(8-17)15(23)20-11-6-4-5-10(2)7-11/h4-7,9,22H,3H2,1-2H3,(H,18,19)(H,20,23). The van der Waals surface area contributed by atoms with Gasteiger partial charge >= 0.3 is 5.97 Å². The number of esters is 1. The molecule has 1 heterocycles. The van der Waals surface area contributed by atoms with Crippen LogP contribution in [0.1, 0.15) is 23.0 Å². The number of nitrogens with zero attached hydrogens (tertiary/aromatic N) is 3. The van der Waals surface area contributed by atoms with Crippen molar-refractivity contribution in [2.75, 3.05) is 17.3 Å². The molecule has 3 N–H and O–H groups in total. The zero-order valence-electron chi connectivity index (χ0n) is 13.7. The van der Waals surface area contributed by atoms with E-state index in [1.54, 1.807) is 31.2 Å². The number of aromatic amines is 1. The first kappa shape index (κ1) is 17.7. The maximum absolute atomic E-state index is 12.1. The van der Waals surface area contributed by atoms with E-state index in [1.807, 2.05) is 13.0 Å². The molecule has 0 aliphatic heterocycles. The van der Waals surface area contributed by atoms with E-state index in [0.717, 1.165) is 5.56 Å². The Kier molecular flexibility index (Phi) is 5.84. The summed E-state index contributed by atoms with van der Waals surface area (Å²) in [5.74, 6) is -1.26. The van der Waals surface area contributed by atoms with Gasteiger partial charge in [0.1, 0.15) is 6.07 Å². The number of aromatic nitrogens is 2. The molecule has 0 unspecified atom stereocenters. The molecule has 1 aromatic heterocycles. The Balaban J connectivity index is 2.11. The summed E-state index contributed by atoms with van der Waals surface area (Å²) in [7, 11) is 0. The number of hydrazone groups is 1. The van der Waals surface area contributed by atoms with Gasteiger partial charge in [0, 0.05) is 5.69 Å². The van der Waals surface area contributed by atoms with Gasteiger partial charge in [-0.2, -0.15) is 10.4 Å². The smallest absolute Gasteiger partial charge is 0.358 e. The van der Waals surface area contributed by atoms with Gasteiger partial charge in [-0.1, -0.05) is 12.1 Å². The van der Waals surface area contributed by atoms with E-state index in [-0.39, 0.29) is 18.1 Å². The van der Waals surface area contributed by atoms with Crippen LogP contribution in [0.5, 0.6) is 0 Å². The van der Waals surface area contributed by atoms with Crippen molar-refractivity contribution in [3.8, 4) is 6.07 Å². The van der Waals surface area contributed by atoms with Crippen LogP contribution < -0.4 is 10.7 Å². The van der Waals surface area contributed by atoms with E-state index in [1.165, 1.54) is 6.33 Å². The number of rotatable bonds is 6. The highest BCUT2D eigenvalue weighted by molar-refractivity contribution is 6.48. The van der Waals surface area contributed by atoms with Gasteiger partial charge in [0.05, 0.1) is 12.9 Å². The molecule has 9 nitrogen and oxygen atoms in total. The van der Waals surface area contributed by atoms with Crippen LogP contribution in [-0.2, 0) is 9.53 Å². The van der Waals surface area contributed by atoms with E-state index in [0.29, 0.717) is 5.69 Å². The van der Waals surface area contributed by atoms with Gasteiger partial charge in [-0.3, -0.25) is 10.2 Å². The first-order valence-corrected chi connectivity index (χ1v) is 7.37. The number of H-pyrrole nitrogens is 1. The van der Waals surface area contributed by atoms with Crippen LogP contribution in [0.4, 0.5) is 11.5 Å². The number of anilines is 2. The molecule has 2 rings (SSSR count). The summed E-state index contributed by atoms with van der Waals surface area (Å²) in [5.41, 5.74) is 3.55. The lowest BCUT2D eigenvalue weighted by Gasteiger charge is -2.05. The molecule has 0 atom stereocenters. The number of amides is 1. The van der Waals surface area contributed by atoms with Crippen LogP contribution in [0.3, 0.4) is 0 Å². The average molecular weight is 340 g/mol. The average Bonchev–Trinajstić information content (AvgIpc) is 3.04.